The molecule has 24 heavy (non-hydrogen) atoms. The minimum atomic E-state index is -4.90. The monoisotopic (exact) mass is 347 g/mol. The maximum atomic E-state index is 13.3. The third-order valence-electron chi connectivity index (χ3n) is 4.40. The van der Waals surface area contributed by atoms with Gasteiger partial charge in [0.1, 0.15) is 5.82 Å². The average Bonchev–Trinajstić information content (AvgIpc) is 3.08. The molecule has 0 spiro atoms. The number of fused-ring (bicyclic) bond motifs is 2. The van der Waals surface area contributed by atoms with E-state index in [1.165, 1.54) is 0 Å². The van der Waals surface area contributed by atoms with Crippen molar-refractivity contribution in [3.8, 4) is 0 Å². The average molecular weight is 347 g/mol. The van der Waals surface area contributed by atoms with Crippen LogP contribution in [0.5, 0.6) is 0 Å². The van der Waals surface area contributed by atoms with E-state index in [2.05, 4.69) is 5.32 Å². The van der Waals surface area contributed by atoms with E-state index >= 15 is 0 Å². The number of hydrogen-bond donors (Lipinski definition) is 2. The van der Waals surface area contributed by atoms with Crippen LogP contribution in [0.15, 0.2) is 18.2 Å². The highest BCUT2D eigenvalue weighted by molar-refractivity contribution is 5.96. The van der Waals surface area contributed by atoms with Crippen molar-refractivity contribution in [2.75, 3.05) is 5.32 Å². The zero-order valence-electron chi connectivity index (χ0n) is 12.1. The van der Waals surface area contributed by atoms with Crippen LogP contribution in [0.1, 0.15) is 18.4 Å². The van der Waals surface area contributed by atoms with E-state index in [0.29, 0.717) is 25.0 Å². The van der Waals surface area contributed by atoms with Crippen molar-refractivity contribution in [2.24, 2.45) is 11.8 Å². The largest absolute Gasteiger partial charge is 0.481 e. The van der Waals surface area contributed by atoms with Crippen LogP contribution in [0.4, 0.5) is 23.2 Å². The Morgan fingerprint density at radius 3 is 2.38 bits per heavy atom. The lowest BCUT2D eigenvalue weighted by Crippen LogP contribution is -2.41. The number of carboxylic acid groups (broad SMARTS) is 1. The van der Waals surface area contributed by atoms with E-state index in [9.17, 15) is 32.3 Å². The second kappa shape index (κ2) is 5.73. The van der Waals surface area contributed by atoms with Crippen LogP contribution in [-0.4, -0.2) is 29.2 Å². The Morgan fingerprint density at radius 2 is 1.79 bits per heavy atom. The first-order valence-corrected chi connectivity index (χ1v) is 7.24. The Balaban J connectivity index is 1.81. The molecule has 1 amide bonds. The third-order valence-corrected chi connectivity index (χ3v) is 4.40. The van der Waals surface area contributed by atoms with Gasteiger partial charge < -0.3 is 15.2 Å². The third kappa shape index (κ3) is 2.83. The van der Waals surface area contributed by atoms with Gasteiger partial charge in [-0.1, -0.05) is 0 Å². The fourth-order valence-electron chi connectivity index (χ4n) is 3.37. The summed E-state index contributed by atoms with van der Waals surface area (Å²) in [7, 11) is 0. The number of anilines is 1. The molecule has 3 rings (SSSR count). The summed E-state index contributed by atoms with van der Waals surface area (Å²) in [6.07, 6.45) is -4.99. The zero-order valence-corrected chi connectivity index (χ0v) is 12.1. The minimum absolute atomic E-state index is 0.249. The van der Waals surface area contributed by atoms with Crippen LogP contribution in [0.3, 0.4) is 0 Å². The van der Waals surface area contributed by atoms with Gasteiger partial charge in [-0.25, -0.2) is 4.39 Å². The van der Waals surface area contributed by atoms with Crippen molar-refractivity contribution in [1.82, 2.24) is 0 Å². The van der Waals surface area contributed by atoms with Crippen molar-refractivity contribution in [3.63, 3.8) is 0 Å². The van der Waals surface area contributed by atoms with Gasteiger partial charge in [-0.05, 0) is 31.0 Å². The quantitative estimate of drug-likeness (QED) is 0.825. The van der Waals surface area contributed by atoms with Gasteiger partial charge in [0.05, 0.1) is 29.6 Å². The Kier molecular flexibility index (Phi) is 3.98. The van der Waals surface area contributed by atoms with Crippen LogP contribution >= 0.6 is 0 Å². The molecule has 0 unspecified atom stereocenters. The number of halogens is 4. The van der Waals surface area contributed by atoms with Crippen LogP contribution < -0.4 is 5.32 Å². The molecule has 9 heteroatoms. The summed E-state index contributed by atoms with van der Waals surface area (Å²) >= 11 is 0. The molecule has 0 aliphatic carbocycles. The fourth-order valence-corrected chi connectivity index (χ4v) is 3.37. The first-order chi connectivity index (χ1) is 11.2. The zero-order chi connectivity index (χ0) is 17.6. The van der Waals surface area contributed by atoms with E-state index in [-0.39, 0.29) is 5.69 Å². The molecule has 2 heterocycles. The van der Waals surface area contributed by atoms with Crippen LogP contribution in [0, 0.1) is 17.7 Å². The van der Waals surface area contributed by atoms with Crippen LogP contribution in [-0.2, 0) is 20.5 Å². The Morgan fingerprint density at radius 1 is 1.17 bits per heavy atom. The van der Waals surface area contributed by atoms with Gasteiger partial charge >= 0.3 is 12.1 Å². The molecule has 1 aromatic rings. The van der Waals surface area contributed by atoms with Gasteiger partial charge in [-0.3, -0.25) is 9.59 Å². The van der Waals surface area contributed by atoms with Gasteiger partial charge in [0, 0.05) is 5.69 Å². The summed E-state index contributed by atoms with van der Waals surface area (Å²) in [6, 6.07) is 2.08. The summed E-state index contributed by atoms with van der Waals surface area (Å²) in [6.45, 7) is 0. The molecule has 130 valence electrons. The number of carbonyl (C=O) groups excluding carboxylic acids is 1. The smallest absolute Gasteiger partial charge is 0.419 e. The highest BCUT2D eigenvalue weighted by Crippen LogP contribution is 2.44. The molecular formula is C15H13F4NO4. The van der Waals surface area contributed by atoms with E-state index in [1.807, 2.05) is 0 Å². The normalized spacial score (nSPS) is 28.8. The molecule has 0 aromatic heterocycles. The van der Waals surface area contributed by atoms with Gasteiger partial charge in [-0.2, -0.15) is 13.2 Å². The highest BCUT2D eigenvalue weighted by atomic mass is 19.4. The van der Waals surface area contributed by atoms with E-state index in [4.69, 9.17) is 4.74 Å². The second-order valence-corrected chi connectivity index (χ2v) is 5.86. The van der Waals surface area contributed by atoms with Crippen molar-refractivity contribution in [1.29, 1.82) is 0 Å². The summed E-state index contributed by atoms with van der Waals surface area (Å²) in [5.41, 5.74) is -1.75. The lowest BCUT2D eigenvalue weighted by molar-refractivity contribution is -0.147. The number of alkyl halides is 3. The van der Waals surface area contributed by atoms with Gasteiger partial charge in [0.25, 0.3) is 0 Å². The van der Waals surface area contributed by atoms with E-state index in [1.54, 1.807) is 0 Å². The van der Waals surface area contributed by atoms with E-state index < -0.39 is 53.5 Å². The maximum absolute atomic E-state index is 13.3. The molecule has 1 aromatic carbocycles. The Hall–Kier alpha value is -2.16. The number of carbonyl (C=O) groups is 2. The maximum Gasteiger partial charge on any atom is 0.419 e. The molecule has 2 fully saturated rings. The number of carboxylic acids is 1. The SMILES string of the molecule is O=C(O)[C@H]1[C@H](C(=O)Nc2ccc(F)c(C(F)(F)F)c2)[C@H]2CC[C@H]1O2. The standard InChI is InChI=1S/C15H13F4NO4/c16-8-2-1-6(5-7(8)15(17,18)19)20-13(21)11-9-3-4-10(24-9)12(11)14(22)23/h1-2,5,9-12H,3-4H2,(H,20,21)(H,22,23)/t9-,10-,11-,12-/m1/s1. The number of benzene rings is 1. The number of aliphatic carboxylic acids is 1. The number of rotatable bonds is 3. The first-order valence-electron chi connectivity index (χ1n) is 7.24. The van der Waals surface area contributed by atoms with Crippen molar-refractivity contribution in [3.05, 3.63) is 29.6 Å². The van der Waals surface area contributed by atoms with Gasteiger partial charge in [0.2, 0.25) is 5.91 Å². The predicted molar refractivity (Wildman–Crippen MR) is 72.5 cm³/mol. The second-order valence-electron chi connectivity index (χ2n) is 5.86. The first kappa shape index (κ1) is 16.7. The van der Waals surface area contributed by atoms with Crippen molar-refractivity contribution >= 4 is 17.6 Å². The lowest BCUT2D eigenvalue weighted by Gasteiger charge is -2.24. The molecular weight excluding hydrogens is 334 g/mol. The van der Waals surface area contributed by atoms with E-state index in [0.717, 1.165) is 6.07 Å². The molecule has 0 saturated carbocycles. The van der Waals surface area contributed by atoms with Crippen LogP contribution in [0.25, 0.3) is 0 Å². The highest BCUT2D eigenvalue weighted by Gasteiger charge is 2.55. The molecule has 2 aliphatic rings. The number of nitrogens with one attached hydrogen (secondary N) is 1. The molecule has 2 bridgehead atoms. The number of hydrogen-bond acceptors (Lipinski definition) is 3. The predicted octanol–water partition coefficient (Wildman–Crippen LogP) is 2.66. The van der Waals surface area contributed by atoms with Gasteiger partial charge in [0.15, 0.2) is 0 Å². The summed E-state index contributed by atoms with van der Waals surface area (Å²) in [5.74, 6) is -5.40. The summed E-state index contributed by atoms with van der Waals surface area (Å²) in [4.78, 5) is 23.7. The van der Waals surface area contributed by atoms with Crippen molar-refractivity contribution < 1.29 is 37.0 Å². The molecule has 5 nitrogen and oxygen atoms in total. The molecule has 0 radical (unpaired) electrons. The minimum Gasteiger partial charge on any atom is -0.481 e. The molecule has 2 N–H and O–H groups in total. The number of amides is 1. The molecule has 2 saturated heterocycles. The Bertz CT molecular complexity index is 691. The summed E-state index contributed by atoms with van der Waals surface area (Å²) in [5, 5.41) is 11.5. The molecule has 4 atom stereocenters. The Labute approximate surface area is 133 Å². The summed E-state index contributed by atoms with van der Waals surface area (Å²) < 4.78 is 56.8. The topological polar surface area (TPSA) is 75.6 Å². The molecule has 2 aliphatic heterocycles. The van der Waals surface area contributed by atoms with Crippen molar-refractivity contribution in [2.45, 2.75) is 31.2 Å². The fraction of sp³-hybridized carbons (Fsp3) is 0.467. The number of ether oxygens (including phenoxy) is 1. The van der Waals surface area contributed by atoms with Gasteiger partial charge in [-0.15, -0.1) is 0 Å². The lowest BCUT2D eigenvalue weighted by atomic mass is 9.78. The van der Waals surface area contributed by atoms with Crippen LogP contribution in [0.2, 0.25) is 0 Å².